The summed E-state index contributed by atoms with van der Waals surface area (Å²) < 4.78 is 5.52. The average Bonchev–Trinajstić information content (AvgIpc) is 2.82. The van der Waals surface area contributed by atoms with Gasteiger partial charge in [0.15, 0.2) is 0 Å². The molecule has 1 aliphatic rings. The van der Waals surface area contributed by atoms with Gasteiger partial charge in [0.2, 0.25) is 0 Å². The molecule has 1 unspecified atom stereocenters. The third-order valence-electron chi connectivity index (χ3n) is 2.87. The minimum atomic E-state index is 0.0658. The molecule has 0 aliphatic carbocycles. The Kier molecular flexibility index (Phi) is 3.57. The highest BCUT2D eigenvalue weighted by atomic mass is 16.5. The fourth-order valence-electron chi connectivity index (χ4n) is 1.98. The molecular formula is C13H17NO2. The smallest absolute Gasteiger partial charge is 0.253 e. The number of rotatable bonds is 3. The number of ether oxygens (including phenoxy) is 1. The number of amides is 1. The summed E-state index contributed by atoms with van der Waals surface area (Å²) >= 11 is 0. The van der Waals surface area contributed by atoms with E-state index in [1.807, 2.05) is 37.4 Å². The van der Waals surface area contributed by atoms with Crippen molar-refractivity contribution < 1.29 is 9.53 Å². The van der Waals surface area contributed by atoms with Gasteiger partial charge in [-0.25, -0.2) is 0 Å². The van der Waals surface area contributed by atoms with Crippen LogP contribution in [0.1, 0.15) is 23.2 Å². The summed E-state index contributed by atoms with van der Waals surface area (Å²) in [5.74, 6) is 0.0658. The molecule has 1 aliphatic heterocycles. The monoisotopic (exact) mass is 219 g/mol. The first kappa shape index (κ1) is 11.1. The van der Waals surface area contributed by atoms with Gasteiger partial charge in [-0.1, -0.05) is 18.2 Å². The second kappa shape index (κ2) is 5.12. The zero-order chi connectivity index (χ0) is 11.4. The van der Waals surface area contributed by atoms with Crippen LogP contribution in [0, 0.1) is 0 Å². The van der Waals surface area contributed by atoms with Gasteiger partial charge in [0.25, 0.3) is 5.91 Å². The number of benzene rings is 1. The number of carbonyl (C=O) groups excluding carboxylic acids is 1. The maximum atomic E-state index is 12.0. The van der Waals surface area contributed by atoms with Gasteiger partial charge in [-0.05, 0) is 25.0 Å². The molecule has 0 radical (unpaired) electrons. The van der Waals surface area contributed by atoms with E-state index in [-0.39, 0.29) is 12.0 Å². The molecule has 1 amide bonds. The summed E-state index contributed by atoms with van der Waals surface area (Å²) in [6, 6.07) is 9.36. The lowest BCUT2D eigenvalue weighted by Crippen LogP contribution is -2.34. The Balaban J connectivity index is 1.94. The SMILES string of the molecule is CN(CC1CCCO1)C(=O)c1ccccc1. The van der Waals surface area contributed by atoms with Gasteiger partial charge in [-0.2, -0.15) is 0 Å². The first-order valence-electron chi connectivity index (χ1n) is 5.69. The van der Waals surface area contributed by atoms with Crippen molar-refractivity contribution in [3.05, 3.63) is 35.9 Å². The molecule has 0 aromatic heterocycles. The van der Waals surface area contributed by atoms with Crippen molar-refractivity contribution in [2.75, 3.05) is 20.2 Å². The van der Waals surface area contributed by atoms with Crippen LogP contribution < -0.4 is 0 Å². The summed E-state index contributed by atoms with van der Waals surface area (Å²) in [6.45, 7) is 1.52. The van der Waals surface area contributed by atoms with Gasteiger partial charge in [-0.15, -0.1) is 0 Å². The summed E-state index contributed by atoms with van der Waals surface area (Å²) in [5.41, 5.74) is 0.739. The van der Waals surface area contributed by atoms with E-state index in [2.05, 4.69) is 0 Å². The first-order chi connectivity index (χ1) is 7.77. The number of likely N-dealkylation sites (N-methyl/N-ethyl adjacent to an activating group) is 1. The molecule has 0 saturated carbocycles. The Bertz CT molecular complexity index is 344. The molecule has 0 spiro atoms. The zero-order valence-corrected chi connectivity index (χ0v) is 9.56. The third-order valence-corrected chi connectivity index (χ3v) is 2.87. The van der Waals surface area contributed by atoms with Crippen molar-refractivity contribution in [3.8, 4) is 0 Å². The molecule has 1 aromatic rings. The maximum absolute atomic E-state index is 12.0. The maximum Gasteiger partial charge on any atom is 0.253 e. The van der Waals surface area contributed by atoms with E-state index >= 15 is 0 Å². The Morgan fingerprint density at radius 3 is 2.81 bits per heavy atom. The Morgan fingerprint density at radius 1 is 1.44 bits per heavy atom. The lowest BCUT2D eigenvalue weighted by molar-refractivity contribution is 0.0587. The molecule has 1 heterocycles. The summed E-state index contributed by atoms with van der Waals surface area (Å²) in [5, 5.41) is 0. The van der Waals surface area contributed by atoms with Crippen LogP contribution in [-0.4, -0.2) is 37.1 Å². The zero-order valence-electron chi connectivity index (χ0n) is 9.56. The van der Waals surface area contributed by atoms with E-state index in [9.17, 15) is 4.79 Å². The highest BCUT2D eigenvalue weighted by Gasteiger charge is 2.20. The number of nitrogens with zero attached hydrogens (tertiary/aromatic N) is 1. The standard InChI is InChI=1S/C13H17NO2/c1-14(10-12-8-5-9-16-12)13(15)11-6-3-2-4-7-11/h2-4,6-7,12H,5,8-10H2,1H3. The summed E-state index contributed by atoms with van der Waals surface area (Å²) in [4.78, 5) is 13.7. The largest absolute Gasteiger partial charge is 0.376 e. The second-order valence-corrected chi connectivity index (χ2v) is 4.19. The van der Waals surface area contributed by atoms with Crippen LogP contribution in [-0.2, 0) is 4.74 Å². The molecular weight excluding hydrogens is 202 g/mol. The Hall–Kier alpha value is -1.35. The van der Waals surface area contributed by atoms with E-state index in [4.69, 9.17) is 4.74 Å². The minimum absolute atomic E-state index is 0.0658. The Labute approximate surface area is 96.0 Å². The molecule has 1 aromatic carbocycles. The van der Waals surface area contributed by atoms with Crippen LogP contribution in [0.4, 0.5) is 0 Å². The van der Waals surface area contributed by atoms with Gasteiger partial charge in [0, 0.05) is 25.8 Å². The van der Waals surface area contributed by atoms with Crippen LogP contribution in [0.25, 0.3) is 0 Å². The molecule has 0 bridgehead atoms. The van der Waals surface area contributed by atoms with Gasteiger partial charge in [0.1, 0.15) is 0 Å². The van der Waals surface area contributed by atoms with Crippen molar-refractivity contribution >= 4 is 5.91 Å². The predicted octanol–water partition coefficient (Wildman–Crippen LogP) is 1.94. The molecule has 0 N–H and O–H groups in total. The fourth-order valence-corrected chi connectivity index (χ4v) is 1.98. The van der Waals surface area contributed by atoms with E-state index < -0.39 is 0 Å². The van der Waals surface area contributed by atoms with E-state index in [1.54, 1.807) is 4.90 Å². The molecule has 86 valence electrons. The van der Waals surface area contributed by atoms with Crippen LogP contribution in [0.15, 0.2) is 30.3 Å². The molecule has 2 rings (SSSR count). The van der Waals surface area contributed by atoms with Crippen molar-refractivity contribution in [1.29, 1.82) is 0 Å². The van der Waals surface area contributed by atoms with Crippen molar-refractivity contribution in [2.45, 2.75) is 18.9 Å². The van der Waals surface area contributed by atoms with Crippen LogP contribution in [0.5, 0.6) is 0 Å². The van der Waals surface area contributed by atoms with Crippen LogP contribution in [0.3, 0.4) is 0 Å². The normalized spacial score (nSPS) is 19.7. The lowest BCUT2D eigenvalue weighted by Gasteiger charge is -2.20. The van der Waals surface area contributed by atoms with Crippen LogP contribution in [0.2, 0.25) is 0 Å². The van der Waals surface area contributed by atoms with Gasteiger partial charge in [0.05, 0.1) is 6.10 Å². The minimum Gasteiger partial charge on any atom is -0.376 e. The van der Waals surface area contributed by atoms with Crippen molar-refractivity contribution in [1.82, 2.24) is 4.90 Å². The van der Waals surface area contributed by atoms with Crippen LogP contribution >= 0.6 is 0 Å². The molecule has 1 saturated heterocycles. The number of hydrogen-bond acceptors (Lipinski definition) is 2. The Morgan fingerprint density at radius 2 is 2.19 bits per heavy atom. The lowest BCUT2D eigenvalue weighted by atomic mass is 10.2. The average molecular weight is 219 g/mol. The van der Waals surface area contributed by atoms with Crippen molar-refractivity contribution in [2.24, 2.45) is 0 Å². The molecule has 16 heavy (non-hydrogen) atoms. The van der Waals surface area contributed by atoms with Gasteiger partial charge >= 0.3 is 0 Å². The second-order valence-electron chi connectivity index (χ2n) is 4.19. The van der Waals surface area contributed by atoms with E-state index in [0.29, 0.717) is 6.54 Å². The molecule has 1 atom stereocenters. The highest BCUT2D eigenvalue weighted by molar-refractivity contribution is 5.93. The number of carbonyl (C=O) groups is 1. The molecule has 1 fully saturated rings. The summed E-state index contributed by atoms with van der Waals surface area (Å²) in [6.07, 6.45) is 2.39. The summed E-state index contributed by atoms with van der Waals surface area (Å²) in [7, 11) is 1.83. The van der Waals surface area contributed by atoms with Gasteiger partial charge < -0.3 is 9.64 Å². The fraction of sp³-hybridized carbons (Fsp3) is 0.462. The predicted molar refractivity (Wildman–Crippen MR) is 62.4 cm³/mol. The highest BCUT2D eigenvalue weighted by Crippen LogP contribution is 2.13. The van der Waals surface area contributed by atoms with Crippen molar-refractivity contribution in [3.63, 3.8) is 0 Å². The molecule has 3 nitrogen and oxygen atoms in total. The van der Waals surface area contributed by atoms with Gasteiger partial charge in [-0.3, -0.25) is 4.79 Å². The topological polar surface area (TPSA) is 29.5 Å². The first-order valence-corrected chi connectivity index (χ1v) is 5.69. The quantitative estimate of drug-likeness (QED) is 0.777. The number of hydrogen-bond donors (Lipinski definition) is 0. The molecule has 3 heteroatoms. The van der Waals surface area contributed by atoms with E-state index in [1.165, 1.54) is 0 Å². The third kappa shape index (κ3) is 2.61. The van der Waals surface area contributed by atoms with E-state index in [0.717, 1.165) is 25.0 Å².